The van der Waals surface area contributed by atoms with Gasteiger partial charge in [-0.25, -0.2) is 8.42 Å². The largest absolute Gasteiger partial charge is 0.379 e. The molecule has 2 N–H and O–H groups in total. The van der Waals surface area contributed by atoms with Gasteiger partial charge in [-0.15, -0.1) is 0 Å². The summed E-state index contributed by atoms with van der Waals surface area (Å²) < 4.78 is 31.9. The van der Waals surface area contributed by atoms with E-state index in [1.165, 1.54) is 4.31 Å². The van der Waals surface area contributed by atoms with E-state index in [0.29, 0.717) is 43.5 Å². The maximum absolute atomic E-state index is 12.6. The molecule has 3 rings (SSSR count). The summed E-state index contributed by atoms with van der Waals surface area (Å²) in [5.74, 6) is 0. The number of morpholine rings is 1. The standard InChI is InChI=1S/C19H22N4O3S2/c24-28(25,23-12-14-26-15-13-23)18-8-6-17(7-9-18)21-19(27)22-20-11-10-16-4-2-1-3-5-16/h1-9,11H,10,12-15H2,(H2,21,22,27). The van der Waals surface area contributed by atoms with Crippen molar-refractivity contribution in [3.8, 4) is 0 Å². The molecule has 2 aromatic carbocycles. The number of nitrogens with zero attached hydrogens (tertiary/aromatic N) is 2. The Labute approximate surface area is 170 Å². The maximum atomic E-state index is 12.6. The van der Waals surface area contributed by atoms with Gasteiger partial charge in [0.25, 0.3) is 0 Å². The molecule has 0 amide bonds. The maximum Gasteiger partial charge on any atom is 0.243 e. The van der Waals surface area contributed by atoms with Crippen LogP contribution < -0.4 is 10.7 Å². The first-order valence-corrected chi connectivity index (χ1v) is 10.7. The molecule has 1 heterocycles. The van der Waals surface area contributed by atoms with E-state index in [1.54, 1.807) is 30.5 Å². The molecule has 0 atom stereocenters. The van der Waals surface area contributed by atoms with Crippen molar-refractivity contribution in [2.45, 2.75) is 11.3 Å². The highest BCUT2D eigenvalue weighted by atomic mass is 32.2. The van der Waals surface area contributed by atoms with Crippen LogP contribution in [-0.4, -0.2) is 50.4 Å². The number of sulfonamides is 1. The molecule has 1 aliphatic rings. The van der Waals surface area contributed by atoms with Crippen molar-refractivity contribution in [3.63, 3.8) is 0 Å². The molecule has 0 bridgehead atoms. The molecule has 0 aliphatic carbocycles. The lowest BCUT2D eigenvalue weighted by Crippen LogP contribution is -2.40. The lowest BCUT2D eigenvalue weighted by Gasteiger charge is -2.26. The second kappa shape index (κ2) is 9.74. The summed E-state index contributed by atoms with van der Waals surface area (Å²) in [4.78, 5) is 0.250. The highest BCUT2D eigenvalue weighted by Gasteiger charge is 2.26. The summed E-state index contributed by atoms with van der Waals surface area (Å²) in [6.45, 7) is 1.59. The number of hydrogen-bond donors (Lipinski definition) is 2. The van der Waals surface area contributed by atoms with Crippen LogP contribution in [0.3, 0.4) is 0 Å². The monoisotopic (exact) mass is 418 g/mol. The zero-order valence-corrected chi connectivity index (χ0v) is 16.9. The van der Waals surface area contributed by atoms with Crippen molar-refractivity contribution >= 4 is 39.3 Å². The molecule has 0 radical (unpaired) electrons. The molecule has 2 aromatic rings. The molecular weight excluding hydrogens is 396 g/mol. The van der Waals surface area contributed by atoms with Crippen molar-refractivity contribution in [2.75, 3.05) is 31.6 Å². The Morgan fingerprint density at radius 2 is 1.79 bits per heavy atom. The Hall–Kier alpha value is -2.33. The van der Waals surface area contributed by atoms with Crippen molar-refractivity contribution < 1.29 is 13.2 Å². The van der Waals surface area contributed by atoms with E-state index in [2.05, 4.69) is 15.8 Å². The highest BCUT2D eigenvalue weighted by Crippen LogP contribution is 2.19. The molecule has 148 valence electrons. The first-order valence-electron chi connectivity index (χ1n) is 8.86. The molecule has 7 nitrogen and oxygen atoms in total. The fraction of sp³-hybridized carbons (Fsp3) is 0.263. The number of hydrogen-bond acceptors (Lipinski definition) is 5. The molecule has 0 aromatic heterocycles. The van der Waals surface area contributed by atoms with E-state index >= 15 is 0 Å². The summed E-state index contributed by atoms with van der Waals surface area (Å²) in [6.07, 6.45) is 2.44. The lowest BCUT2D eigenvalue weighted by atomic mass is 10.2. The molecule has 0 unspecified atom stereocenters. The Bertz CT molecular complexity index is 910. The van der Waals surface area contributed by atoms with Crippen molar-refractivity contribution in [2.24, 2.45) is 5.10 Å². The third kappa shape index (κ3) is 5.59. The van der Waals surface area contributed by atoms with Crippen molar-refractivity contribution in [1.29, 1.82) is 0 Å². The Kier molecular flexibility index (Phi) is 7.10. The van der Waals surface area contributed by atoms with Gasteiger partial charge in [0.1, 0.15) is 0 Å². The number of rotatable bonds is 6. The molecule has 0 saturated carbocycles. The number of thiocarbonyl (C=S) groups is 1. The number of ether oxygens (including phenoxy) is 1. The minimum absolute atomic E-state index is 0.250. The van der Waals surface area contributed by atoms with E-state index in [0.717, 1.165) is 5.56 Å². The van der Waals surface area contributed by atoms with Crippen LogP contribution in [-0.2, 0) is 21.2 Å². The van der Waals surface area contributed by atoms with Gasteiger partial charge in [0.15, 0.2) is 5.11 Å². The van der Waals surface area contributed by atoms with Gasteiger partial charge in [0.05, 0.1) is 18.1 Å². The molecule has 1 saturated heterocycles. The second-order valence-corrected chi connectivity index (χ2v) is 8.45. The first-order chi connectivity index (χ1) is 13.6. The van der Waals surface area contributed by atoms with E-state index in [9.17, 15) is 8.42 Å². The van der Waals surface area contributed by atoms with Crippen LogP contribution in [0.25, 0.3) is 0 Å². The number of hydrazone groups is 1. The molecule has 0 spiro atoms. The predicted octanol–water partition coefficient (Wildman–Crippen LogP) is 2.22. The molecule has 9 heteroatoms. The third-order valence-corrected chi connectivity index (χ3v) is 6.25. The summed E-state index contributed by atoms with van der Waals surface area (Å²) in [5, 5.41) is 7.39. The van der Waals surface area contributed by atoms with Gasteiger partial charge in [-0.1, -0.05) is 30.3 Å². The molecule has 1 aliphatic heterocycles. The van der Waals surface area contributed by atoms with Crippen molar-refractivity contribution in [1.82, 2.24) is 9.73 Å². The normalized spacial score (nSPS) is 15.4. The topological polar surface area (TPSA) is 83.0 Å². The zero-order chi connectivity index (χ0) is 19.8. The quantitative estimate of drug-likeness (QED) is 0.425. The van der Waals surface area contributed by atoms with E-state index < -0.39 is 10.0 Å². The van der Waals surface area contributed by atoms with Gasteiger partial charge in [-0.2, -0.15) is 9.41 Å². The van der Waals surface area contributed by atoms with Gasteiger partial charge >= 0.3 is 0 Å². The Morgan fingerprint density at radius 3 is 2.46 bits per heavy atom. The van der Waals surface area contributed by atoms with E-state index in [4.69, 9.17) is 17.0 Å². The molecule has 28 heavy (non-hydrogen) atoms. The molecule has 1 fully saturated rings. The summed E-state index contributed by atoms with van der Waals surface area (Å²) >= 11 is 5.20. The van der Waals surface area contributed by atoms with Gasteiger partial charge in [-0.3, -0.25) is 5.43 Å². The second-order valence-electron chi connectivity index (χ2n) is 6.11. The summed E-state index contributed by atoms with van der Waals surface area (Å²) in [5.41, 5.74) is 4.58. The fourth-order valence-corrected chi connectivity index (χ4v) is 4.25. The highest BCUT2D eigenvalue weighted by molar-refractivity contribution is 7.89. The number of nitrogens with one attached hydrogen (secondary N) is 2. The predicted molar refractivity (Wildman–Crippen MR) is 114 cm³/mol. The van der Waals surface area contributed by atoms with Gasteiger partial charge in [0.2, 0.25) is 10.0 Å². The van der Waals surface area contributed by atoms with Crippen LogP contribution in [0.5, 0.6) is 0 Å². The minimum atomic E-state index is -3.50. The lowest BCUT2D eigenvalue weighted by molar-refractivity contribution is 0.0730. The van der Waals surface area contributed by atoms with E-state index in [-0.39, 0.29) is 4.90 Å². The van der Waals surface area contributed by atoms with Crippen LogP contribution in [0, 0.1) is 0 Å². The average Bonchev–Trinajstić information content (AvgIpc) is 2.73. The zero-order valence-electron chi connectivity index (χ0n) is 15.2. The molecular formula is C19H22N4O3S2. The van der Waals surface area contributed by atoms with E-state index in [1.807, 2.05) is 30.3 Å². The first kappa shape index (κ1) is 20.4. The smallest absolute Gasteiger partial charge is 0.243 e. The van der Waals surface area contributed by atoms with Crippen molar-refractivity contribution in [3.05, 3.63) is 60.2 Å². The third-order valence-electron chi connectivity index (χ3n) is 4.15. The number of anilines is 1. The van der Waals surface area contributed by atoms with Crippen LogP contribution >= 0.6 is 12.2 Å². The summed E-state index contributed by atoms with van der Waals surface area (Å²) in [7, 11) is -3.50. The fourth-order valence-electron chi connectivity index (χ4n) is 2.67. The van der Waals surface area contributed by atoms with Gasteiger partial charge in [0, 0.05) is 31.4 Å². The van der Waals surface area contributed by atoms with Gasteiger partial charge in [-0.05, 0) is 42.0 Å². The van der Waals surface area contributed by atoms with Gasteiger partial charge < -0.3 is 10.1 Å². The Balaban J connectivity index is 1.51. The average molecular weight is 419 g/mol. The van der Waals surface area contributed by atoms with Crippen LogP contribution in [0.15, 0.2) is 64.6 Å². The van der Waals surface area contributed by atoms with Crippen LogP contribution in [0.2, 0.25) is 0 Å². The SMILES string of the molecule is O=S(=O)(c1ccc(NC(=S)NN=CCc2ccccc2)cc1)N1CCOCC1. The van der Waals surface area contributed by atoms with Crippen LogP contribution in [0.1, 0.15) is 5.56 Å². The Morgan fingerprint density at radius 1 is 1.11 bits per heavy atom. The number of benzene rings is 2. The summed E-state index contributed by atoms with van der Waals surface area (Å²) in [6, 6.07) is 16.4. The van der Waals surface area contributed by atoms with Crippen LogP contribution in [0.4, 0.5) is 5.69 Å². The minimum Gasteiger partial charge on any atom is -0.379 e.